The monoisotopic (exact) mass is 269 g/mol. The Morgan fingerprint density at radius 2 is 1.63 bits per heavy atom. The number of carbonyl (C=O) groups is 2. The van der Waals surface area contributed by atoms with Gasteiger partial charge in [-0.15, -0.1) is 0 Å². The first-order valence-corrected chi connectivity index (χ1v) is 7.15. The van der Waals surface area contributed by atoms with E-state index < -0.39 is 11.5 Å². The van der Waals surface area contributed by atoms with Crippen LogP contribution in [-0.4, -0.2) is 53.7 Å². The molecule has 2 amide bonds. The van der Waals surface area contributed by atoms with Gasteiger partial charge < -0.3 is 20.6 Å². The van der Waals surface area contributed by atoms with Gasteiger partial charge in [-0.05, 0) is 12.8 Å². The molecule has 6 heteroatoms. The van der Waals surface area contributed by atoms with Crippen LogP contribution >= 0.6 is 0 Å². The summed E-state index contributed by atoms with van der Waals surface area (Å²) < 4.78 is 0. The molecule has 0 aromatic carbocycles. The van der Waals surface area contributed by atoms with Crippen LogP contribution in [0, 0.1) is 0 Å². The van der Waals surface area contributed by atoms with Gasteiger partial charge in [0.2, 0.25) is 0 Å². The van der Waals surface area contributed by atoms with Crippen molar-refractivity contribution in [3.05, 3.63) is 0 Å². The largest absolute Gasteiger partial charge is 0.480 e. The van der Waals surface area contributed by atoms with Crippen LogP contribution in [0.2, 0.25) is 0 Å². The number of hydrogen-bond donors (Lipinski definition) is 3. The number of hydrogen-bond acceptors (Lipinski definition) is 3. The number of carboxylic acid groups (broad SMARTS) is 1. The fraction of sp³-hybridized carbons (Fsp3) is 0.846. The summed E-state index contributed by atoms with van der Waals surface area (Å²) in [6.07, 6.45) is 4.93. The van der Waals surface area contributed by atoms with E-state index in [-0.39, 0.29) is 6.03 Å². The number of aliphatic carboxylic acids is 1. The Labute approximate surface area is 113 Å². The third kappa shape index (κ3) is 3.37. The van der Waals surface area contributed by atoms with Crippen LogP contribution in [0.5, 0.6) is 0 Å². The first-order chi connectivity index (χ1) is 9.14. The average Bonchev–Trinajstić information content (AvgIpc) is 2.66. The lowest BCUT2D eigenvalue weighted by Gasteiger charge is -2.34. The van der Waals surface area contributed by atoms with Crippen molar-refractivity contribution in [2.75, 3.05) is 26.2 Å². The molecule has 2 rings (SSSR count). The third-order valence-electron chi connectivity index (χ3n) is 4.12. The minimum Gasteiger partial charge on any atom is -0.480 e. The van der Waals surface area contributed by atoms with Crippen LogP contribution in [0.4, 0.5) is 4.79 Å². The van der Waals surface area contributed by atoms with Crippen LogP contribution in [0.25, 0.3) is 0 Å². The maximum atomic E-state index is 12.2. The molecule has 0 atom stereocenters. The van der Waals surface area contributed by atoms with Crippen molar-refractivity contribution in [1.82, 2.24) is 15.5 Å². The van der Waals surface area contributed by atoms with Crippen molar-refractivity contribution < 1.29 is 14.7 Å². The molecule has 0 aromatic rings. The van der Waals surface area contributed by atoms with Gasteiger partial charge in [0.15, 0.2) is 0 Å². The molecule has 1 saturated heterocycles. The fourth-order valence-corrected chi connectivity index (χ4v) is 2.88. The quantitative estimate of drug-likeness (QED) is 0.647. The second-order valence-corrected chi connectivity index (χ2v) is 5.47. The summed E-state index contributed by atoms with van der Waals surface area (Å²) in [6.45, 7) is 2.82. The van der Waals surface area contributed by atoms with E-state index in [2.05, 4.69) is 10.6 Å². The van der Waals surface area contributed by atoms with Gasteiger partial charge in [-0.1, -0.05) is 25.7 Å². The predicted octanol–water partition coefficient (Wildman–Crippen LogP) is 0.779. The van der Waals surface area contributed by atoms with Gasteiger partial charge in [0.05, 0.1) is 0 Å². The molecule has 108 valence electrons. The molecular weight excluding hydrogens is 246 g/mol. The first kappa shape index (κ1) is 14.1. The Kier molecular flexibility index (Phi) is 4.63. The summed E-state index contributed by atoms with van der Waals surface area (Å²) in [5.41, 5.74) is -1.06. The van der Waals surface area contributed by atoms with Gasteiger partial charge in [-0.3, -0.25) is 0 Å². The second-order valence-electron chi connectivity index (χ2n) is 5.47. The van der Waals surface area contributed by atoms with E-state index in [1.165, 1.54) is 0 Å². The number of urea groups is 1. The van der Waals surface area contributed by atoms with E-state index in [1.54, 1.807) is 4.90 Å². The summed E-state index contributed by atoms with van der Waals surface area (Å²) in [4.78, 5) is 25.5. The SMILES string of the molecule is O=C(NC1(C(=O)O)CCCCCC1)N1CCNCC1. The van der Waals surface area contributed by atoms with Crippen LogP contribution in [0.15, 0.2) is 0 Å². The zero-order valence-electron chi connectivity index (χ0n) is 11.3. The molecule has 19 heavy (non-hydrogen) atoms. The number of nitrogens with one attached hydrogen (secondary N) is 2. The van der Waals surface area contributed by atoms with Crippen molar-refractivity contribution in [2.24, 2.45) is 0 Å². The van der Waals surface area contributed by atoms with E-state index in [0.29, 0.717) is 25.9 Å². The highest BCUT2D eigenvalue weighted by molar-refractivity contribution is 5.86. The highest BCUT2D eigenvalue weighted by Crippen LogP contribution is 2.27. The maximum Gasteiger partial charge on any atom is 0.329 e. The molecule has 1 saturated carbocycles. The van der Waals surface area contributed by atoms with Crippen LogP contribution in [0.1, 0.15) is 38.5 Å². The molecule has 6 nitrogen and oxygen atoms in total. The highest BCUT2D eigenvalue weighted by Gasteiger charge is 2.41. The van der Waals surface area contributed by atoms with E-state index >= 15 is 0 Å². The van der Waals surface area contributed by atoms with E-state index in [9.17, 15) is 14.7 Å². The molecule has 0 radical (unpaired) electrons. The van der Waals surface area contributed by atoms with Gasteiger partial charge in [-0.25, -0.2) is 9.59 Å². The van der Waals surface area contributed by atoms with Gasteiger partial charge in [0.25, 0.3) is 0 Å². The Morgan fingerprint density at radius 1 is 1.05 bits per heavy atom. The highest BCUT2D eigenvalue weighted by atomic mass is 16.4. The fourth-order valence-electron chi connectivity index (χ4n) is 2.88. The lowest BCUT2D eigenvalue weighted by atomic mass is 9.90. The standard InChI is InChI=1S/C13H23N3O3/c17-11(18)13(5-3-1-2-4-6-13)15-12(19)16-9-7-14-8-10-16/h14H,1-10H2,(H,15,19)(H,17,18). The summed E-state index contributed by atoms with van der Waals surface area (Å²) in [5.74, 6) is -0.891. The first-order valence-electron chi connectivity index (χ1n) is 7.15. The van der Waals surface area contributed by atoms with E-state index in [4.69, 9.17) is 0 Å². The molecule has 1 aliphatic carbocycles. The summed E-state index contributed by atoms with van der Waals surface area (Å²) in [6, 6.07) is -0.231. The number of piperazine rings is 1. The van der Waals surface area contributed by atoms with Crippen molar-refractivity contribution in [2.45, 2.75) is 44.1 Å². The molecule has 0 spiro atoms. The van der Waals surface area contributed by atoms with Crippen molar-refractivity contribution in [3.63, 3.8) is 0 Å². The van der Waals surface area contributed by atoms with Crippen LogP contribution < -0.4 is 10.6 Å². The normalized spacial score (nSPS) is 23.5. The zero-order chi connectivity index (χ0) is 13.7. The number of rotatable bonds is 2. The number of carbonyl (C=O) groups excluding carboxylic acids is 1. The molecule has 1 aliphatic heterocycles. The molecule has 2 aliphatic rings. The Hall–Kier alpha value is -1.30. The zero-order valence-corrected chi connectivity index (χ0v) is 11.3. The smallest absolute Gasteiger partial charge is 0.329 e. The lowest BCUT2D eigenvalue weighted by Crippen LogP contribution is -2.60. The Morgan fingerprint density at radius 3 is 2.16 bits per heavy atom. The number of nitrogens with zero attached hydrogens (tertiary/aromatic N) is 1. The Bertz CT molecular complexity index is 332. The van der Waals surface area contributed by atoms with Crippen molar-refractivity contribution in [3.8, 4) is 0 Å². The Balaban J connectivity index is 2.02. The van der Waals surface area contributed by atoms with Gasteiger partial charge in [0.1, 0.15) is 5.54 Å². The molecule has 3 N–H and O–H groups in total. The summed E-state index contributed by atoms with van der Waals surface area (Å²) in [7, 11) is 0. The van der Waals surface area contributed by atoms with Gasteiger partial charge >= 0.3 is 12.0 Å². The lowest BCUT2D eigenvalue weighted by molar-refractivity contribution is -0.145. The van der Waals surface area contributed by atoms with E-state index in [0.717, 1.165) is 38.8 Å². The molecular formula is C13H23N3O3. The summed E-state index contributed by atoms with van der Waals surface area (Å²) in [5, 5.41) is 15.5. The predicted molar refractivity (Wildman–Crippen MR) is 71.0 cm³/mol. The molecule has 0 aromatic heterocycles. The van der Waals surface area contributed by atoms with Gasteiger partial charge in [0, 0.05) is 26.2 Å². The van der Waals surface area contributed by atoms with Crippen LogP contribution in [0.3, 0.4) is 0 Å². The molecule has 2 fully saturated rings. The number of carboxylic acids is 1. The third-order valence-corrected chi connectivity index (χ3v) is 4.12. The number of amides is 2. The van der Waals surface area contributed by atoms with E-state index in [1.807, 2.05) is 0 Å². The molecule has 1 heterocycles. The van der Waals surface area contributed by atoms with Crippen molar-refractivity contribution in [1.29, 1.82) is 0 Å². The van der Waals surface area contributed by atoms with Gasteiger partial charge in [-0.2, -0.15) is 0 Å². The van der Waals surface area contributed by atoms with Crippen LogP contribution in [-0.2, 0) is 4.79 Å². The minimum atomic E-state index is -1.06. The maximum absolute atomic E-state index is 12.2. The molecule has 0 bridgehead atoms. The minimum absolute atomic E-state index is 0.231. The second kappa shape index (κ2) is 6.23. The average molecular weight is 269 g/mol. The summed E-state index contributed by atoms with van der Waals surface area (Å²) >= 11 is 0. The topological polar surface area (TPSA) is 81.7 Å². The van der Waals surface area contributed by atoms with Crippen molar-refractivity contribution >= 4 is 12.0 Å². The molecule has 0 unspecified atom stereocenters.